The lowest BCUT2D eigenvalue weighted by atomic mass is 9.96. The summed E-state index contributed by atoms with van der Waals surface area (Å²) in [5, 5.41) is 3.01. The number of carbonyl (C=O) groups is 2. The molecule has 0 saturated carbocycles. The van der Waals surface area contributed by atoms with Crippen LogP contribution in [-0.4, -0.2) is 67.1 Å². The quantitative estimate of drug-likeness (QED) is 0.741. The number of amides is 2. The van der Waals surface area contributed by atoms with Gasteiger partial charge in [0.1, 0.15) is 6.67 Å². The van der Waals surface area contributed by atoms with Crippen LogP contribution in [-0.2, 0) is 4.79 Å². The third kappa shape index (κ3) is 5.51. The van der Waals surface area contributed by atoms with E-state index in [-0.39, 0.29) is 17.9 Å². The maximum atomic E-state index is 13.0. The Morgan fingerprint density at radius 3 is 2.67 bits per heavy atom. The van der Waals surface area contributed by atoms with Crippen molar-refractivity contribution in [1.29, 1.82) is 0 Å². The van der Waals surface area contributed by atoms with Gasteiger partial charge in [-0.15, -0.1) is 0 Å². The molecule has 3 rings (SSSR count). The first-order valence-corrected chi connectivity index (χ1v) is 10.5. The van der Waals surface area contributed by atoms with E-state index in [0.29, 0.717) is 31.1 Å². The smallest absolute Gasteiger partial charge is 0.251 e. The van der Waals surface area contributed by atoms with E-state index in [0.717, 1.165) is 43.2 Å². The summed E-state index contributed by atoms with van der Waals surface area (Å²) in [5.74, 6) is 0.426. The van der Waals surface area contributed by atoms with Crippen LogP contribution in [0.25, 0.3) is 0 Å². The minimum atomic E-state index is -0.439. The molecule has 1 aromatic rings. The van der Waals surface area contributed by atoms with Crippen LogP contribution in [0.3, 0.4) is 0 Å². The number of nitrogens with zero attached hydrogens (tertiary/aromatic N) is 2. The summed E-state index contributed by atoms with van der Waals surface area (Å²) in [4.78, 5) is 28.5. The van der Waals surface area contributed by atoms with Crippen LogP contribution in [0.5, 0.6) is 0 Å². The van der Waals surface area contributed by atoms with E-state index < -0.39 is 6.67 Å². The van der Waals surface area contributed by atoms with Crippen molar-refractivity contribution in [3.63, 3.8) is 0 Å². The SMILES string of the molecule is O=C(NCC1CCN(CC(=O)N2CCC[C@H]2CF)CC1)c1cccc(Br)c1. The molecular formula is C20H27BrFN3O2. The molecule has 1 atom stereocenters. The number of likely N-dealkylation sites (tertiary alicyclic amines) is 2. The monoisotopic (exact) mass is 439 g/mol. The van der Waals surface area contributed by atoms with Gasteiger partial charge >= 0.3 is 0 Å². The Morgan fingerprint density at radius 1 is 1.19 bits per heavy atom. The maximum absolute atomic E-state index is 13.0. The first-order chi connectivity index (χ1) is 13.1. The van der Waals surface area contributed by atoms with E-state index in [1.807, 2.05) is 18.2 Å². The van der Waals surface area contributed by atoms with Crippen LogP contribution >= 0.6 is 15.9 Å². The molecule has 2 aliphatic rings. The number of nitrogens with one attached hydrogen (secondary N) is 1. The third-order valence-corrected chi connectivity index (χ3v) is 6.07. The summed E-state index contributed by atoms with van der Waals surface area (Å²) in [7, 11) is 0. The standard InChI is InChI=1S/C20H27BrFN3O2/c21-17-4-1-3-16(11-17)20(27)23-13-15-6-9-24(10-7-15)14-19(26)25-8-2-5-18(25)12-22/h1,3-4,11,15,18H,2,5-10,12-14H2,(H,23,27)/t18-/m0/s1. The molecule has 148 valence electrons. The number of benzene rings is 1. The zero-order valence-corrected chi connectivity index (χ0v) is 17.1. The van der Waals surface area contributed by atoms with Gasteiger partial charge in [-0.2, -0.15) is 0 Å². The molecule has 2 heterocycles. The minimum Gasteiger partial charge on any atom is -0.352 e. The molecule has 2 amide bonds. The van der Waals surface area contributed by atoms with E-state index in [1.54, 1.807) is 11.0 Å². The van der Waals surface area contributed by atoms with Crippen molar-refractivity contribution in [3.05, 3.63) is 34.3 Å². The summed E-state index contributed by atoms with van der Waals surface area (Å²) < 4.78 is 13.9. The van der Waals surface area contributed by atoms with Gasteiger partial charge in [0, 0.05) is 23.1 Å². The predicted octanol–water partition coefficient (Wildman–Crippen LogP) is 2.85. The molecule has 5 nitrogen and oxygen atoms in total. The third-order valence-electron chi connectivity index (χ3n) is 5.58. The first-order valence-electron chi connectivity index (χ1n) is 9.68. The molecular weight excluding hydrogens is 413 g/mol. The van der Waals surface area contributed by atoms with Gasteiger partial charge in [0.2, 0.25) is 5.91 Å². The van der Waals surface area contributed by atoms with Crippen molar-refractivity contribution in [3.8, 4) is 0 Å². The molecule has 2 saturated heterocycles. The van der Waals surface area contributed by atoms with Gasteiger partial charge in [0.05, 0.1) is 12.6 Å². The van der Waals surface area contributed by atoms with E-state index >= 15 is 0 Å². The van der Waals surface area contributed by atoms with E-state index in [2.05, 4.69) is 26.1 Å². The van der Waals surface area contributed by atoms with Crippen LogP contribution in [0, 0.1) is 5.92 Å². The van der Waals surface area contributed by atoms with Crippen molar-refractivity contribution in [1.82, 2.24) is 15.1 Å². The predicted molar refractivity (Wildman–Crippen MR) is 106 cm³/mol. The second-order valence-electron chi connectivity index (χ2n) is 7.48. The summed E-state index contributed by atoms with van der Waals surface area (Å²) in [6.45, 7) is 2.97. The number of hydrogen-bond acceptors (Lipinski definition) is 3. The van der Waals surface area contributed by atoms with Gasteiger partial charge in [0.15, 0.2) is 0 Å². The number of alkyl halides is 1. The van der Waals surface area contributed by atoms with Gasteiger partial charge in [-0.1, -0.05) is 22.0 Å². The average molecular weight is 440 g/mol. The topological polar surface area (TPSA) is 52.7 Å². The highest BCUT2D eigenvalue weighted by molar-refractivity contribution is 9.10. The Kier molecular flexibility index (Phi) is 7.24. The lowest BCUT2D eigenvalue weighted by Gasteiger charge is -2.33. The van der Waals surface area contributed by atoms with Crippen molar-refractivity contribution in [2.24, 2.45) is 5.92 Å². The Morgan fingerprint density at radius 2 is 1.96 bits per heavy atom. The number of piperidine rings is 1. The molecule has 2 fully saturated rings. The molecule has 0 radical (unpaired) electrons. The van der Waals surface area contributed by atoms with E-state index in [4.69, 9.17) is 0 Å². The van der Waals surface area contributed by atoms with Gasteiger partial charge in [0.25, 0.3) is 5.91 Å². The number of halogens is 2. The van der Waals surface area contributed by atoms with Gasteiger partial charge in [-0.05, 0) is 62.9 Å². The lowest BCUT2D eigenvalue weighted by Crippen LogP contribution is -2.46. The average Bonchev–Trinajstić information content (AvgIpc) is 3.16. The van der Waals surface area contributed by atoms with Crippen LogP contribution < -0.4 is 5.32 Å². The molecule has 0 unspecified atom stereocenters. The number of hydrogen-bond donors (Lipinski definition) is 1. The largest absolute Gasteiger partial charge is 0.352 e. The van der Waals surface area contributed by atoms with Crippen LogP contribution in [0.15, 0.2) is 28.7 Å². The van der Waals surface area contributed by atoms with Gasteiger partial charge < -0.3 is 10.2 Å². The molecule has 0 spiro atoms. The Hall–Kier alpha value is -1.47. The Bertz CT molecular complexity index is 664. The lowest BCUT2D eigenvalue weighted by molar-refractivity contribution is -0.133. The van der Waals surface area contributed by atoms with Crippen LogP contribution in [0.2, 0.25) is 0 Å². The fourth-order valence-corrected chi connectivity index (χ4v) is 4.32. The molecule has 2 aliphatic heterocycles. The molecule has 1 aromatic carbocycles. The van der Waals surface area contributed by atoms with Crippen LogP contribution in [0.1, 0.15) is 36.0 Å². The van der Waals surface area contributed by atoms with E-state index in [1.165, 1.54) is 0 Å². The van der Waals surface area contributed by atoms with Crippen molar-refractivity contribution in [2.75, 3.05) is 39.4 Å². The number of rotatable bonds is 6. The molecule has 1 N–H and O–H groups in total. The minimum absolute atomic E-state index is 0.0524. The van der Waals surface area contributed by atoms with Crippen molar-refractivity contribution < 1.29 is 14.0 Å². The summed E-state index contributed by atoms with van der Waals surface area (Å²) >= 11 is 3.38. The van der Waals surface area contributed by atoms with Crippen molar-refractivity contribution in [2.45, 2.75) is 31.7 Å². The highest BCUT2D eigenvalue weighted by Crippen LogP contribution is 2.20. The van der Waals surface area contributed by atoms with Gasteiger partial charge in [-0.25, -0.2) is 4.39 Å². The van der Waals surface area contributed by atoms with Crippen LogP contribution in [0.4, 0.5) is 4.39 Å². The summed E-state index contributed by atoms with van der Waals surface area (Å²) in [6, 6.07) is 7.14. The highest BCUT2D eigenvalue weighted by Gasteiger charge is 2.30. The van der Waals surface area contributed by atoms with Crippen molar-refractivity contribution >= 4 is 27.7 Å². The Labute approximate surface area is 168 Å². The second-order valence-corrected chi connectivity index (χ2v) is 8.39. The number of carbonyl (C=O) groups excluding carboxylic acids is 2. The fraction of sp³-hybridized carbons (Fsp3) is 0.600. The normalized spacial score (nSPS) is 21.4. The second kappa shape index (κ2) is 9.64. The zero-order chi connectivity index (χ0) is 19.2. The molecule has 27 heavy (non-hydrogen) atoms. The Balaban J connectivity index is 1.39. The van der Waals surface area contributed by atoms with E-state index in [9.17, 15) is 14.0 Å². The molecule has 0 bridgehead atoms. The fourth-order valence-electron chi connectivity index (χ4n) is 3.92. The maximum Gasteiger partial charge on any atom is 0.251 e. The molecule has 7 heteroatoms. The zero-order valence-electron chi connectivity index (χ0n) is 15.5. The molecule has 0 aromatic heterocycles. The van der Waals surface area contributed by atoms with Gasteiger partial charge in [-0.3, -0.25) is 14.5 Å². The first kappa shape index (κ1) is 20.3. The molecule has 0 aliphatic carbocycles. The highest BCUT2D eigenvalue weighted by atomic mass is 79.9. The summed E-state index contributed by atoms with van der Waals surface area (Å²) in [6.07, 6.45) is 3.60. The summed E-state index contributed by atoms with van der Waals surface area (Å²) in [5.41, 5.74) is 0.653.